The number of hydrogen-bond donors (Lipinski definition) is 1. The maximum atomic E-state index is 14.8. The highest BCUT2D eigenvalue weighted by Gasteiger charge is 2.32. The average Bonchev–Trinajstić information content (AvgIpc) is 2.90. The molecule has 198 valence electrons. The van der Waals surface area contributed by atoms with Crippen LogP contribution in [0.3, 0.4) is 0 Å². The van der Waals surface area contributed by atoms with Crippen LogP contribution in [0.15, 0.2) is 81.6 Å². The fraction of sp³-hybridized carbons (Fsp3) is 0.276. The fourth-order valence-electron chi connectivity index (χ4n) is 4.64. The van der Waals surface area contributed by atoms with E-state index in [1.165, 1.54) is 22.8 Å². The molecule has 38 heavy (non-hydrogen) atoms. The predicted octanol–water partition coefficient (Wildman–Crippen LogP) is 5.63. The van der Waals surface area contributed by atoms with E-state index in [0.29, 0.717) is 19.3 Å². The monoisotopic (exact) mass is 535 g/mol. The standard InChI is InChI=1S/C29H30FN3O4S/c1-4-6-11-26-32-28(34)27(29(35)33(26)25(5-2)23-9-7-8-10-24(23)30)38(36,37)21-14-12-20(13-15-21)22-16-17-31-18-19(22)3/h7-10,12-18,25,35H,4-6,11H2,1-3H3. The molecule has 4 rings (SSSR count). The van der Waals surface area contributed by atoms with Crippen molar-refractivity contribution < 1.29 is 17.9 Å². The summed E-state index contributed by atoms with van der Waals surface area (Å²) in [4.78, 5) is 20.3. The number of halogens is 1. The van der Waals surface area contributed by atoms with E-state index in [4.69, 9.17) is 0 Å². The second-order valence-corrected chi connectivity index (χ2v) is 11.0. The zero-order valence-electron chi connectivity index (χ0n) is 21.6. The Kier molecular flexibility index (Phi) is 8.06. The van der Waals surface area contributed by atoms with Crippen molar-refractivity contribution in [1.82, 2.24) is 14.5 Å². The minimum absolute atomic E-state index is 0.158. The van der Waals surface area contributed by atoms with Crippen LogP contribution in [-0.2, 0) is 16.3 Å². The molecule has 0 aliphatic rings. The zero-order valence-corrected chi connectivity index (χ0v) is 22.4. The van der Waals surface area contributed by atoms with Gasteiger partial charge in [0.25, 0.3) is 5.56 Å². The van der Waals surface area contributed by atoms with Crippen LogP contribution in [0.1, 0.15) is 56.1 Å². The van der Waals surface area contributed by atoms with E-state index >= 15 is 0 Å². The summed E-state index contributed by atoms with van der Waals surface area (Å²) in [5, 5.41) is 11.4. The molecule has 0 bridgehead atoms. The summed E-state index contributed by atoms with van der Waals surface area (Å²) in [6, 6.07) is 13.3. The van der Waals surface area contributed by atoms with E-state index in [2.05, 4.69) is 9.97 Å². The maximum absolute atomic E-state index is 14.8. The smallest absolute Gasteiger partial charge is 0.296 e. The predicted molar refractivity (Wildman–Crippen MR) is 143 cm³/mol. The lowest BCUT2D eigenvalue weighted by Crippen LogP contribution is -2.28. The molecule has 2 heterocycles. The van der Waals surface area contributed by atoms with Gasteiger partial charge in [-0.25, -0.2) is 12.8 Å². The Morgan fingerprint density at radius 2 is 1.76 bits per heavy atom. The highest BCUT2D eigenvalue weighted by Crippen LogP contribution is 2.34. The first-order valence-corrected chi connectivity index (χ1v) is 14.0. The number of rotatable bonds is 9. The van der Waals surface area contributed by atoms with Gasteiger partial charge in [-0.3, -0.25) is 14.3 Å². The van der Waals surface area contributed by atoms with Crippen LogP contribution in [-0.4, -0.2) is 28.1 Å². The van der Waals surface area contributed by atoms with E-state index in [9.17, 15) is 22.7 Å². The Balaban J connectivity index is 1.88. The van der Waals surface area contributed by atoms with E-state index < -0.39 is 38.0 Å². The SMILES string of the molecule is CCCCc1nc(=O)c(S(=O)(=O)c2ccc(-c3ccncc3C)cc2)c(O)n1C(CC)c1ccccc1F. The molecule has 9 heteroatoms. The van der Waals surface area contributed by atoms with Gasteiger partial charge < -0.3 is 5.11 Å². The molecule has 0 saturated heterocycles. The molecule has 0 saturated carbocycles. The first-order valence-electron chi connectivity index (χ1n) is 12.6. The topological polar surface area (TPSA) is 102 Å². The summed E-state index contributed by atoms with van der Waals surface area (Å²) in [6.45, 7) is 5.66. The van der Waals surface area contributed by atoms with Crippen molar-refractivity contribution in [3.8, 4) is 17.0 Å². The molecular formula is C29H30FN3O4S. The molecule has 4 aromatic rings. The Morgan fingerprint density at radius 1 is 1.05 bits per heavy atom. The number of nitrogens with zero attached hydrogens (tertiary/aromatic N) is 3. The van der Waals surface area contributed by atoms with Crippen LogP contribution in [0, 0.1) is 12.7 Å². The van der Waals surface area contributed by atoms with Gasteiger partial charge in [0.15, 0.2) is 4.90 Å². The number of pyridine rings is 1. The minimum Gasteiger partial charge on any atom is -0.493 e. The summed E-state index contributed by atoms with van der Waals surface area (Å²) in [6.07, 6.45) is 5.46. The normalized spacial score (nSPS) is 12.4. The zero-order chi connectivity index (χ0) is 27.4. The van der Waals surface area contributed by atoms with E-state index in [1.807, 2.05) is 19.9 Å². The van der Waals surface area contributed by atoms with Crippen molar-refractivity contribution in [2.75, 3.05) is 0 Å². The van der Waals surface area contributed by atoms with Gasteiger partial charge in [0.2, 0.25) is 15.7 Å². The van der Waals surface area contributed by atoms with Gasteiger partial charge in [0.05, 0.1) is 10.9 Å². The maximum Gasteiger partial charge on any atom is 0.296 e. The Hall–Kier alpha value is -3.85. The number of hydrogen-bond acceptors (Lipinski definition) is 6. The van der Waals surface area contributed by atoms with Crippen molar-refractivity contribution in [2.24, 2.45) is 0 Å². The van der Waals surface area contributed by atoms with Crippen molar-refractivity contribution in [3.63, 3.8) is 0 Å². The largest absolute Gasteiger partial charge is 0.493 e. The lowest BCUT2D eigenvalue weighted by atomic mass is 10.0. The van der Waals surface area contributed by atoms with Gasteiger partial charge in [-0.1, -0.05) is 50.6 Å². The molecule has 2 aromatic carbocycles. The van der Waals surface area contributed by atoms with Crippen molar-refractivity contribution in [1.29, 1.82) is 0 Å². The second-order valence-electron chi connectivity index (χ2n) is 9.12. The van der Waals surface area contributed by atoms with Gasteiger partial charge >= 0.3 is 0 Å². The van der Waals surface area contributed by atoms with E-state index in [1.54, 1.807) is 49.6 Å². The summed E-state index contributed by atoms with van der Waals surface area (Å²) < 4.78 is 43.5. The van der Waals surface area contributed by atoms with E-state index in [-0.39, 0.29) is 16.3 Å². The fourth-order valence-corrected chi connectivity index (χ4v) is 5.98. The van der Waals surface area contributed by atoms with Crippen LogP contribution in [0.5, 0.6) is 5.88 Å². The summed E-state index contributed by atoms with van der Waals surface area (Å²) in [7, 11) is -4.46. The Bertz CT molecular complexity index is 1620. The molecule has 1 N–H and O–H groups in total. The van der Waals surface area contributed by atoms with Gasteiger partial charge in [0, 0.05) is 24.4 Å². The van der Waals surface area contributed by atoms with Crippen LogP contribution in [0.25, 0.3) is 11.1 Å². The number of aryl methyl sites for hydroxylation is 2. The van der Waals surface area contributed by atoms with Crippen molar-refractivity contribution >= 4 is 9.84 Å². The van der Waals surface area contributed by atoms with Gasteiger partial charge in [-0.15, -0.1) is 0 Å². The highest BCUT2D eigenvalue weighted by molar-refractivity contribution is 7.91. The van der Waals surface area contributed by atoms with Crippen LogP contribution >= 0.6 is 0 Å². The van der Waals surface area contributed by atoms with E-state index in [0.717, 1.165) is 23.1 Å². The highest BCUT2D eigenvalue weighted by atomic mass is 32.2. The molecule has 1 atom stereocenters. The van der Waals surface area contributed by atoms with Crippen LogP contribution in [0.4, 0.5) is 4.39 Å². The van der Waals surface area contributed by atoms with Crippen LogP contribution < -0.4 is 5.56 Å². The Labute approximate surface area is 221 Å². The third-order valence-corrected chi connectivity index (χ3v) is 8.40. The second kappa shape index (κ2) is 11.3. The molecular weight excluding hydrogens is 505 g/mol. The molecule has 7 nitrogen and oxygen atoms in total. The van der Waals surface area contributed by atoms with Gasteiger partial charge in [-0.05, 0) is 60.7 Å². The third kappa shape index (κ3) is 5.11. The quantitative estimate of drug-likeness (QED) is 0.298. The van der Waals surface area contributed by atoms with Crippen molar-refractivity contribution in [2.45, 2.75) is 62.3 Å². The summed E-state index contributed by atoms with van der Waals surface area (Å²) >= 11 is 0. The van der Waals surface area contributed by atoms with Gasteiger partial charge in [0.1, 0.15) is 11.6 Å². The lowest BCUT2D eigenvalue weighted by molar-refractivity contribution is 0.354. The molecule has 2 aromatic heterocycles. The average molecular weight is 536 g/mol. The molecule has 0 spiro atoms. The van der Waals surface area contributed by atoms with Gasteiger partial charge in [-0.2, -0.15) is 4.98 Å². The minimum atomic E-state index is -4.46. The molecule has 0 fully saturated rings. The van der Waals surface area contributed by atoms with Crippen molar-refractivity contribution in [3.05, 3.63) is 100 Å². The molecule has 1 unspecified atom stereocenters. The molecule has 0 aliphatic carbocycles. The number of benzene rings is 2. The number of sulfone groups is 1. The number of aromatic hydroxyl groups is 1. The lowest BCUT2D eigenvalue weighted by Gasteiger charge is -2.25. The molecule has 0 amide bonds. The van der Waals surface area contributed by atoms with Crippen LogP contribution in [0.2, 0.25) is 0 Å². The first kappa shape index (κ1) is 27.2. The third-order valence-electron chi connectivity index (χ3n) is 6.62. The number of unbranched alkanes of at least 4 members (excludes halogenated alkanes) is 1. The number of aromatic nitrogens is 3. The summed E-state index contributed by atoms with van der Waals surface area (Å²) in [5.41, 5.74) is 1.83. The Morgan fingerprint density at radius 3 is 2.39 bits per heavy atom. The summed E-state index contributed by atoms with van der Waals surface area (Å²) in [5.74, 6) is -1.02. The first-order chi connectivity index (χ1) is 18.2. The molecule has 0 aliphatic heterocycles. The molecule has 0 radical (unpaired) electrons.